The van der Waals surface area contributed by atoms with Crippen molar-refractivity contribution in [3.63, 3.8) is 0 Å². The molecular formula is C21H25NO6. The molecule has 1 aliphatic heterocycles. The molecule has 2 N–H and O–H groups in total. The van der Waals surface area contributed by atoms with E-state index in [0.29, 0.717) is 24.3 Å². The molecule has 0 aliphatic carbocycles. The molecule has 2 heterocycles. The van der Waals surface area contributed by atoms with Gasteiger partial charge in [-0.2, -0.15) is 0 Å². The summed E-state index contributed by atoms with van der Waals surface area (Å²) in [6, 6.07) is 9.91. The number of anilines is 1. The van der Waals surface area contributed by atoms with E-state index in [0.717, 1.165) is 5.56 Å². The zero-order valence-electron chi connectivity index (χ0n) is 16.2. The summed E-state index contributed by atoms with van der Waals surface area (Å²) in [6.07, 6.45) is -0.214. The number of hydrogen-bond donors (Lipinski definition) is 2. The molecule has 1 aromatic carbocycles. The van der Waals surface area contributed by atoms with Crippen LogP contribution in [0.1, 0.15) is 60.8 Å². The number of furan rings is 1. The molecule has 2 aromatic rings. The molecule has 0 radical (unpaired) electrons. The SMILES string of the molecule is CO[C@@H](c1ccc(C(=O)O)o1)C1CCC(=O)N1c1ccc(C(O)C(C)C)cc1. The van der Waals surface area contributed by atoms with Gasteiger partial charge in [-0.25, -0.2) is 4.79 Å². The summed E-state index contributed by atoms with van der Waals surface area (Å²) in [5, 5.41) is 19.3. The molecule has 1 amide bonds. The van der Waals surface area contributed by atoms with Crippen LogP contribution in [0.25, 0.3) is 0 Å². The van der Waals surface area contributed by atoms with Gasteiger partial charge in [0, 0.05) is 19.2 Å². The Morgan fingerprint density at radius 1 is 1.21 bits per heavy atom. The van der Waals surface area contributed by atoms with Gasteiger partial charge in [0.2, 0.25) is 11.7 Å². The van der Waals surface area contributed by atoms with Gasteiger partial charge >= 0.3 is 5.97 Å². The van der Waals surface area contributed by atoms with E-state index in [1.807, 2.05) is 38.1 Å². The predicted molar refractivity (Wildman–Crippen MR) is 102 cm³/mol. The van der Waals surface area contributed by atoms with Crippen molar-refractivity contribution in [3.05, 3.63) is 53.5 Å². The summed E-state index contributed by atoms with van der Waals surface area (Å²) in [6.45, 7) is 3.88. The molecule has 1 fully saturated rings. The second-order valence-corrected chi connectivity index (χ2v) is 7.31. The number of nitrogens with zero attached hydrogens (tertiary/aromatic N) is 1. The van der Waals surface area contributed by atoms with Crippen LogP contribution in [0.2, 0.25) is 0 Å². The summed E-state index contributed by atoms with van der Waals surface area (Å²) in [7, 11) is 1.51. The van der Waals surface area contributed by atoms with E-state index in [-0.39, 0.29) is 23.6 Å². The van der Waals surface area contributed by atoms with Gasteiger partial charge < -0.3 is 24.3 Å². The number of carbonyl (C=O) groups is 2. The van der Waals surface area contributed by atoms with Gasteiger partial charge in [0.15, 0.2) is 0 Å². The molecule has 1 saturated heterocycles. The van der Waals surface area contributed by atoms with Crippen molar-refractivity contribution in [1.82, 2.24) is 0 Å². The first-order valence-corrected chi connectivity index (χ1v) is 9.29. The number of carbonyl (C=O) groups excluding carboxylic acids is 1. The fraction of sp³-hybridized carbons (Fsp3) is 0.429. The Hall–Kier alpha value is -2.64. The minimum absolute atomic E-state index is 0.0331. The van der Waals surface area contributed by atoms with Crippen LogP contribution in [-0.2, 0) is 9.53 Å². The number of aliphatic hydroxyl groups excluding tert-OH is 1. The number of aromatic carboxylic acids is 1. The fourth-order valence-electron chi connectivity index (χ4n) is 3.63. The van der Waals surface area contributed by atoms with Crippen LogP contribution in [0.15, 0.2) is 40.8 Å². The molecule has 1 aliphatic rings. The topological polar surface area (TPSA) is 100 Å². The van der Waals surface area contributed by atoms with E-state index in [1.165, 1.54) is 13.2 Å². The van der Waals surface area contributed by atoms with Crippen molar-refractivity contribution in [2.45, 2.75) is 44.9 Å². The van der Waals surface area contributed by atoms with Crippen molar-refractivity contribution in [3.8, 4) is 0 Å². The average Bonchev–Trinajstić information content (AvgIpc) is 3.30. The Morgan fingerprint density at radius 3 is 2.43 bits per heavy atom. The lowest BCUT2D eigenvalue weighted by atomic mass is 9.98. The van der Waals surface area contributed by atoms with Crippen LogP contribution in [-0.4, -0.2) is 35.2 Å². The van der Waals surface area contributed by atoms with Crippen LogP contribution in [0.4, 0.5) is 5.69 Å². The third kappa shape index (κ3) is 3.81. The van der Waals surface area contributed by atoms with Crippen LogP contribution >= 0.6 is 0 Å². The van der Waals surface area contributed by atoms with Gasteiger partial charge in [-0.1, -0.05) is 26.0 Å². The monoisotopic (exact) mass is 387 g/mol. The third-order valence-electron chi connectivity index (χ3n) is 5.12. The van der Waals surface area contributed by atoms with E-state index in [2.05, 4.69) is 0 Å². The van der Waals surface area contributed by atoms with Crippen molar-refractivity contribution in [1.29, 1.82) is 0 Å². The highest BCUT2D eigenvalue weighted by atomic mass is 16.5. The van der Waals surface area contributed by atoms with Crippen molar-refractivity contribution < 1.29 is 29.0 Å². The Labute approximate surface area is 163 Å². The molecule has 0 bridgehead atoms. The van der Waals surface area contributed by atoms with E-state index in [1.54, 1.807) is 11.0 Å². The highest BCUT2D eigenvalue weighted by Crippen LogP contribution is 2.37. The maximum Gasteiger partial charge on any atom is 0.371 e. The van der Waals surface area contributed by atoms with E-state index in [9.17, 15) is 14.7 Å². The lowest BCUT2D eigenvalue weighted by molar-refractivity contribution is -0.117. The second-order valence-electron chi connectivity index (χ2n) is 7.31. The molecule has 7 nitrogen and oxygen atoms in total. The number of amides is 1. The zero-order chi connectivity index (χ0) is 20.4. The summed E-state index contributed by atoms with van der Waals surface area (Å²) >= 11 is 0. The van der Waals surface area contributed by atoms with Crippen LogP contribution in [0, 0.1) is 5.92 Å². The summed E-state index contributed by atoms with van der Waals surface area (Å²) in [5.74, 6) is -0.891. The number of carboxylic acid groups (broad SMARTS) is 1. The highest BCUT2D eigenvalue weighted by molar-refractivity contribution is 5.96. The van der Waals surface area contributed by atoms with Crippen molar-refractivity contribution >= 4 is 17.6 Å². The number of ether oxygens (including phenoxy) is 1. The third-order valence-corrected chi connectivity index (χ3v) is 5.12. The average molecular weight is 387 g/mol. The number of methoxy groups -OCH3 is 1. The standard InChI is InChI=1S/C21H25NO6/c1-12(2)19(24)13-4-6-14(7-5-13)22-15(8-11-18(22)23)20(27-3)16-9-10-17(28-16)21(25)26/h4-7,9-10,12,15,19-20,24H,8,11H2,1-3H3,(H,25,26)/t15?,19?,20-/m1/s1. The summed E-state index contributed by atoms with van der Waals surface area (Å²) < 4.78 is 11.0. The lowest BCUT2D eigenvalue weighted by Gasteiger charge is -2.30. The molecule has 3 rings (SSSR count). The second kappa shape index (κ2) is 8.16. The normalized spacial score (nSPS) is 19.2. The predicted octanol–water partition coefficient (Wildman–Crippen LogP) is 3.55. The largest absolute Gasteiger partial charge is 0.475 e. The van der Waals surface area contributed by atoms with Gasteiger partial charge in [-0.05, 0) is 42.2 Å². The number of aliphatic hydroxyl groups is 1. The summed E-state index contributed by atoms with van der Waals surface area (Å²) in [4.78, 5) is 25.3. The number of carboxylic acids is 1. The molecule has 0 saturated carbocycles. The zero-order valence-corrected chi connectivity index (χ0v) is 16.2. The molecule has 150 valence electrons. The molecule has 3 atom stereocenters. The van der Waals surface area contributed by atoms with Gasteiger partial charge in [0.25, 0.3) is 0 Å². The molecular weight excluding hydrogens is 362 g/mol. The van der Waals surface area contributed by atoms with Crippen LogP contribution in [0.5, 0.6) is 0 Å². The molecule has 1 aromatic heterocycles. The molecule has 28 heavy (non-hydrogen) atoms. The van der Waals surface area contributed by atoms with Gasteiger partial charge in [-0.3, -0.25) is 4.79 Å². The highest BCUT2D eigenvalue weighted by Gasteiger charge is 2.40. The van der Waals surface area contributed by atoms with Crippen molar-refractivity contribution in [2.24, 2.45) is 5.92 Å². The smallest absolute Gasteiger partial charge is 0.371 e. The minimum Gasteiger partial charge on any atom is -0.475 e. The maximum atomic E-state index is 12.6. The number of rotatable bonds is 7. The number of hydrogen-bond acceptors (Lipinski definition) is 5. The maximum absolute atomic E-state index is 12.6. The van der Waals surface area contributed by atoms with E-state index in [4.69, 9.17) is 14.3 Å². The first-order valence-electron chi connectivity index (χ1n) is 9.29. The molecule has 2 unspecified atom stereocenters. The van der Waals surface area contributed by atoms with Crippen LogP contribution in [0.3, 0.4) is 0 Å². The van der Waals surface area contributed by atoms with Gasteiger partial charge in [-0.15, -0.1) is 0 Å². The van der Waals surface area contributed by atoms with Gasteiger partial charge in [0.1, 0.15) is 11.9 Å². The molecule has 7 heteroatoms. The fourth-order valence-corrected chi connectivity index (χ4v) is 3.63. The Bertz CT molecular complexity index is 841. The quantitative estimate of drug-likeness (QED) is 0.754. The number of benzene rings is 1. The lowest BCUT2D eigenvalue weighted by Crippen LogP contribution is -2.37. The first kappa shape index (κ1) is 20.1. The first-order chi connectivity index (χ1) is 13.3. The van der Waals surface area contributed by atoms with E-state index < -0.39 is 18.2 Å². The minimum atomic E-state index is -1.15. The van der Waals surface area contributed by atoms with Crippen molar-refractivity contribution in [2.75, 3.05) is 12.0 Å². The van der Waals surface area contributed by atoms with Crippen LogP contribution < -0.4 is 4.90 Å². The van der Waals surface area contributed by atoms with Gasteiger partial charge in [0.05, 0.1) is 12.1 Å². The Morgan fingerprint density at radius 2 is 1.89 bits per heavy atom. The summed E-state index contributed by atoms with van der Waals surface area (Å²) in [5.41, 5.74) is 1.50. The Kier molecular flexibility index (Phi) is 5.86. The van der Waals surface area contributed by atoms with E-state index >= 15 is 0 Å². The molecule has 0 spiro atoms. The Balaban J connectivity index is 1.88.